The lowest BCUT2D eigenvalue weighted by Gasteiger charge is -2.27. The number of rotatable bonds is 6. The summed E-state index contributed by atoms with van der Waals surface area (Å²) in [6.07, 6.45) is 1.28. The summed E-state index contributed by atoms with van der Waals surface area (Å²) in [7, 11) is -4.04. The van der Waals surface area contributed by atoms with Crippen LogP contribution in [0.15, 0.2) is 65.7 Å². The first-order chi connectivity index (χ1) is 15.3. The van der Waals surface area contributed by atoms with Crippen LogP contribution in [-0.4, -0.2) is 50.8 Å². The molecule has 1 aromatic heterocycles. The molecular weight excluding hydrogens is 430 g/mol. The molecule has 4 rings (SSSR count). The molecule has 32 heavy (non-hydrogen) atoms. The first-order valence-corrected chi connectivity index (χ1v) is 11.6. The Kier molecular flexibility index (Phi) is 6.11. The third-order valence-corrected chi connectivity index (χ3v) is 6.67. The van der Waals surface area contributed by atoms with Crippen molar-refractivity contribution in [3.8, 4) is 11.1 Å². The van der Waals surface area contributed by atoms with Gasteiger partial charge in [-0.2, -0.15) is 0 Å². The molecule has 0 unspecified atom stereocenters. The van der Waals surface area contributed by atoms with Gasteiger partial charge >= 0.3 is 5.97 Å². The van der Waals surface area contributed by atoms with Crippen LogP contribution in [0.1, 0.15) is 15.9 Å². The average Bonchev–Trinajstić information content (AvgIpc) is 2.79. The van der Waals surface area contributed by atoms with Crippen molar-refractivity contribution < 1.29 is 23.1 Å². The monoisotopic (exact) mass is 453 g/mol. The molecule has 0 amide bonds. The summed E-state index contributed by atoms with van der Waals surface area (Å²) in [6.45, 7) is 4.50. The molecule has 0 saturated carbocycles. The van der Waals surface area contributed by atoms with E-state index < -0.39 is 16.0 Å². The van der Waals surface area contributed by atoms with E-state index in [9.17, 15) is 18.3 Å². The molecule has 1 aliphatic heterocycles. The van der Waals surface area contributed by atoms with Crippen LogP contribution in [0, 0.1) is 6.92 Å². The fourth-order valence-electron chi connectivity index (χ4n) is 3.59. The molecule has 0 radical (unpaired) electrons. The Bertz CT molecular complexity index is 1240. The van der Waals surface area contributed by atoms with Crippen molar-refractivity contribution in [3.05, 3.63) is 71.9 Å². The van der Waals surface area contributed by atoms with Crippen LogP contribution in [0.5, 0.6) is 0 Å². The van der Waals surface area contributed by atoms with Crippen molar-refractivity contribution in [2.75, 3.05) is 35.9 Å². The molecule has 1 saturated heterocycles. The lowest BCUT2D eigenvalue weighted by molar-refractivity contribution is 0.0698. The zero-order valence-corrected chi connectivity index (χ0v) is 18.3. The van der Waals surface area contributed by atoms with Crippen LogP contribution in [-0.2, 0) is 14.8 Å². The molecule has 0 spiro atoms. The second-order valence-electron chi connectivity index (χ2n) is 7.44. The van der Waals surface area contributed by atoms with Crippen LogP contribution < -0.4 is 9.62 Å². The topological polar surface area (TPSA) is 109 Å². The summed E-state index contributed by atoms with van der Waals surface area (Å²) in [6, 6.07) is 15.3. The number of sulfonamides is 1. The number of pyridine rings is 1. The van der Waals surface area contributed by atoms with E-state index in [-0.39, 0.29) is 16.1 Å². The second kappa shape index (κ2) is 8.97. The van der Waals surface area contributed by atoms with Crippen molar-refractivity contribution in [2.24, 2.45) is 0 Å². The quantitative estimate of drug-likeness (QED) is 0.589. The number of carboxylic acids is 1. The highest BCUT2D eigenvalue weighted by molar-refractivity contribution is 7.92. The molecule has 8 nitrogen and oxygen atoms in total. The zero-order chi connectivity index (χ0) is 22.7. The van der Waals surface area contributed by atoms with E-state index in [1.807, 2.05) is 36.1 Å². The van der Waals surface area contributed by atoms with Gasteiger partial charge in [-0.05, 0) is 47.9 Å². The number of hydrogen-bond acceptors (Lipinski definition) is 6. The van der Waals surface area contributed by atoms with Gasteiger partial charge in [0.25, 0.3) is 10.0 Å². The average molecular weight is 454 g/mol. The number of nitrogens with zero attached hydrogens (tertiary/aromatic N) is 2. The predicted octanol–water partition coefficient (Wildman–Crippen LogP) is 3.39. The molecule has 2 heterocycles. The molecule has 2 aromatic carbocycles. The lowest BCUT2D eigenvalue weighted by atomic mass is 9.98. The van der Waals surface area contributed by atoms with Crippen molar-refractivity contribution in [3.63, 3.8) is 0 Å². The fourth-order valence-corrected chi connectivity index (χ4v) is 4.61. The van der Waals surface area contributed by atoms with Crippen LogP contribution >= 0.6 is 0 Å². The Hall–Kier alpha value is -3.43. The van der Waals surface area contributed by atoms with E-state index in [4.69, 9.17) is 4.74 Å². The van der Waals surface area contributed by atoms with Gasteiger partial charge in [0.05, 0.1) is 24.5 Å². The summed E-state index contributed by atoms with van der Waals surface area (Å²) in [5.41, 5.74) is 2.46. The second-order valence-corrected chi connectivity index (χ2v) is 9.12. The highest BCUT2D eigenvalue weighted by atomic mass is 32.2. The van der Waals surface area contributed by atoms with Gasteiger partial charge in [-0.3, -0.25) is 4.72 Å². The number of nitrogens with one attached hydrogen (secondary N) is 1. The molecule has 166 valence electrons. The van der Waals surface area contributed by atoms with E-state index in [0.717, 1.165) is 11.1 Å². The first-order valence-electron chi connectivity index (χ1n) is 10.1. The largest absolute Gasteiger partial charge is 0.478 e. The molecule has 0 bridgehead atoms. The Labute approximate surface area is 186 Å². The van der Waals surface area contributed by atoms with E-state index >= 15 is 0 Å². The minimum absolute atomic E-state index is 0.00416. The third kappa shape index (κ3) is 4.58. The summed E-state index contributed by atoms with van der Waals surface area (Å²) in [5, 5.41) is 9.57. The number of benzene rings is 2. The maximum absolute atomic E-state index is 13.0. The maximum atomic E-state index is 13.0. The lowest BCUT2D eigenvalue weighted by Crippen LogP contribution is -2.36. The Morgan fingerprint density at radius 1 is 1.09 bits per heavy atom. The van der Waals surface area contributed by atoms with Gasteiger partial charge < -0.3 is 14.7 Å². The highest BCUT2D eigenvalue weighted by Crippen LogP contribution is 2.29. The predicted molar refractivity (Wildman–Crippen MR) is 122 cm³/mol. The van der Waals surface area contributed by atoms with E-state index in [1.165, 1.54) is 18.3 Å². The number of aromatic carboxylic acids is 1. The van der Waals surface area contributed by atoms with Gasteiger partial charge in [-0.1, -0.05) is 30.3 Å². The molecule has 1 fully saturated rings. The standard InChI is InChI=1S/C23H23N3O5S/c1-16-4-2-3-5-19(16)17-6-8-20(23(27)28)21(14-17)25-32(29,30)18-7-9-22(24-15-18)26-10-12-31-13-11-26/h2-9,14-15,25H,10-13H2,1H3,(H,27,28). The normalized spacial score (nSPS) is 14.2. The summed E-state index contributed by atoms with van der Waals surface area (Å²) in [5.74, 6) is -0.556. The smallest absolute Gasteiger partial charge is 0.337 e. The number of aryl methyl sites for hydroxylation is 1. The van der Waals surface area contributed by atoms with Crippen molar-refractivity contribution in [1.82, 2.24) is 4.98 Å². The summed E-state index contributed by atoms with van der Waals surface area (Å²) < 4.78 is 33.8. The number of morpholine rings is 1. The van der Waals surface area contributed by atoms with Crippen LogP contribution in [0.25, 0.3) is 11.1 Å². The Morgan fingerprint density at radius 2 is 1.84 bits per heavy atom. The molecule has 1 aliphatic rings. The highest BCUT2D eigenvalue weighted by Gasteiger charge is 2.21. The van der Waals surface area contributed by atoms with Gasteiger partial charge in [0, 0.05) is 19.3 Å². The fraction of sp³-hybridized carbons (Fsp3) is 0.217. The molecule has 2 N–H and O–H groups in total. The third-order valence-electron chi connectivity index (χ3n) is 5.32. The van der Waals surface area contributed by atoms with E-state index in [1.54, 1.807) is 18.2 Å². The number of carboxylic acid groups (broad SMARTS) is 1. The van der Waals surface area contributed by atoms with E-state index in [0.29, 0.717) is 37.7 Å². The number of ether oxygens (including phenoxy) is 1. The van der Waals surface area contributed by atoms with Gasteiger partial charge in [0.15, 0.2) is 0 Å². The number of aromatic nitrogens is 1. The van der Waals surface area contributed by atoms with Crippen LogP contribution in [0.2, 0.25) is 0 Å². The van der Waals surface area contributed by atoms with Crippen molar-refractivity contribution >= 4 is 27.5 Å². The molecular formula is C23H23N3O5S. The molecule has 3 aromatic rings. The van der Waals surface area contributed by atoms with E-state index in [2.05, 4.69) is 9.71 Å². The van der Waals surface area contributed by atoms with Crippen LogP contribution in [0.4, 0.5) is 11.5 Å². The Morgan fingerprint density at radius 3 is 2.50 bits per heavy atom. The summed E-state index contributed by atoms with van der Waals surface area (Å²) in [4.78, 5) is 18.0. The van der Waals surface area contributed by atoms with Gasteiger partial charge in [0.2, 0.25) is 0 Å². The SMILES string of the molecule is Cc1ccccc1-c1ccc(C(=O)O)c(NS(=O)(=O)c2ccc(N3CCOCC3)nc2)c1. The Balaban J connectivity index is 1.65. The van der Waals surface area contributed by atoms with Crippen molar-refractivity contribution in [2.45, 2.75) is 11.8 Å². The summed E-state index contributed by atoms with van der Waals surface area (Å²) >= 11 is 0. The van der Waals surface area contributed by atoms with Gasteiger partial charge in [0.1, 0.15) is 10.7 Å². The number of anilines is 2. The zero-order valence-electron chi connectivity index (χ0n) is 17.5. The van der Waals surface area contributed by atoms with Crippen LogP contribution in [0.3, 0.4) is 0 Å². The number of hydrogen-bond donors (Lipinski definition) is 2. The first kappa shape index (κ1) is 21.8. The molecule has 0 atom stereocenters. The molecule has 0 aliphatic carbocycles. The van der Waals surface area contributed by atoms with Gasteiger partial charge in [-0.25, -0.2) is 18.2 Å². The van der Waals surface area contributed by atoms with Crippen molar-refractivity contribution in [1.29, 1.82) is 0 Å². The maximum Gasteiger partial charge on any atom is 0.337 e. The number of carbonyl (C=O) groups is 1. The minimum atomic E-state index is -4.04. The molecule has 9 heteroatoms. The minimum Gasteiger partial charge on any atom is -0.478 e. The van der Waals surface area contributed by atoms with Gasteiger partial charge in [-0.15, -0.1) is 0 Å².